The van der Waals surface area contributed by atoms with Crippen molar-refractivity contribution in [2.75, 3.05) is 13.1 Å². The first-order valence-electron chi connectivity index (χ1n) is 9.30. The van der Waals surface area contributed by atoms with Gasteiger partial charge in [-0.3, -0.25) is 9.59 Å². The van der Waals surface area contributed by atoms with Crippen molar-refractivity contribution in [3.05, 3.63) is 65.2 Å². The van der Waals surface area contributed by atoms with Gasteiger partial charge in [-0.1, -0.05) is 31.2 Å². The largest absolute Gasteiger partial charge is 0.486 e. The Labute approximate surface area is 153 Å². The minimum atomic E-state index is -0.467. The number of hydrogen-bond acceptors (Lipinski definition) is 3. The molecule has 1 spiro atoms. The summed E-state index contributed by atoms with van der Waals surface area (Å²) in [5.41, 5.74) is 2.10. The summed E-state index contributed by atoms with van der Waals surface area (Å²) in [6.07, 6.45) is 2.68. The summed E-state index contributed by atoms with van der Waals surface area (Å²) in [4.78, 5) is 27.2. The van der Waals surface area contributed by atoms with Crippen molar-refractivity contribution in [2.45, 2.75) is 38.2 Å². The number of nitrogens with zero attached hydrogens (tertiary/aromatic N) is 1. The van der Waals surface area contributed by atoms with Crippen molar-refractivity contribution in [1.82, 2.24) is 4.90 Å². The molecule has 0 N–H and O–H groups in total. The fourth-order valence-corrected chi connectivity index (χ4v) is 3.92. The van der Waals surface area contributed by atoms with Crippen molar-refractivity contribution in [3.8, 4) is 5.75 Å². The van der Waals surface area contributed by atoms with E-state index in [0.29, 0.717) is 49.2 Å². The van der Waals surface area contributed by atoms with Gasteiger partial charge in [0.25, 0.3) is 5.91 Å². The summed E-state index contributed by atoms with van der Waals surface area (Å²) in [7, 11) is 0. The highest BCUT2D eigenvalue weighted by Crippen LogP contribution is 2.39. The number of aryl methyl sites for hydroxylation is 1. The number of amides is 1. The molecule has 2 aromatic rings. The fraction of sp³-hybridized carbons (Fsp3) is 0.364. The van der Waals surface area contributed by atoms with Crippen LogP contribution in [0.2, 0.25) is 0 Å². The van der Waals surface area contributed by atoms with Crippen LogP contribution in [-0.2, 0) is 6.42 Å². The van der Waals surface area contributed by atoms with Gasteiger partial charge in [0.1, 0.15) is 11.4 Å². The van der Waals surface area contributed by atoms with E-state index < -0.39 is 5.60 Å². The molecule has 134 valence electrons. The Morgan fingerprint density at radius 1 is 1.12 bits per heavy atom. The Morgan fingerprint density at radius 2 is 1.85 bits per heavy atom. The average molecular weight is 349 g/mol. The molecule has 2 heterocycles. The van der Waals surface area contributed by atoms with Crippen LogP contribution < -0.4 is 4.74 Å². The van der Waals surface area contributed by atoms with Gasteiger partial charge in [0.2, 0.25) is 0 Å². The molecule has 4 heteroatoms. The Balaban J connectivity index is 1.49. The highest BCUT2D eigenvalue weighted by Gasteiger charge is 2.43. The number of carbonyl (C=O) groups is 2. The van der Waals surface area contributed by atoms with Crippen LogP contribution in [0, 0.1) is 0 Å². The average Bonchev–Trinajstić information content (AvgIpc) is 2.68. The summed E-state index contributed by atoms with van der Waals surface area (Å²) in [5.74, 6) is 0.904. The molecular formula is C22H23NO3. The van der Waals surface area contributed by atoms with Crippen LogP contribution in [0.1, 0.15) is 52.5 Å². The zero-order chi connectivity index (χ0) is 18.1. The Hall–Kier alpha value is -2.62. The zero-order valence-electron chi connectivity index (χ0n) is 15.0. The van der Waals surface area contributed by atoms with E-state index in [-0.39, 0.29) is 11.7 Å². The molecule has 0 aromatic heterocycles. The van der Waals surface area contributed by atoms with E-state index in [1.54, 1.807) is 0 Å². The summed E-state index contributed by atoms with van der Waals surface area (Å²) in [5, 5.41) is 0. The van der Waals surface area contributed by atoms with Crippen molar-refractivity contribution in [2.24, 2.45) is 0 Å². The lowest BCUT2D eigenvalue weighted by atomic mass is 9.82. The van der Waals surface area contributed by atoms with Gasteiger partial charge in [-0.15, -0.1) is 0 Å². The first-order chi connectivity index (χ1) is 12.6. The van der Waals surface area contributed by atoms with Crippen molar-refractivity contribution >= 4 is 11.7 Å². The molecule has 0 atom stereocenters. The molecule has 4 rings (SSSR count). The molecule has 0 unspecified atom stereocenters. The van der Waals surface area contributed by atoms with Gasteiger partial charge < -0.3 is 9.64 Å². The quantitative estimate of drug-likeness (QED) is 0.826. The van der Waals surface area contributed by atoms with Crippen LogP contribution in [0.3, 0.4) is 0 Å². The van der Waals surface area contributed by atoms with Crippen molar-refractivity contribution in [1.29, 1.82) is 0 Å². The minimum Gasteiger partial charge on any atom is -0.486 e. The monoisotopic (exact) mass is 349 g/mol. The SMILES string of the molecule is CCc1ccc2c(c1)C(=O)CC1(CCN(C(=O)c3ccccc3)CC1)O2. The molecule has 2 aliphatic heterocycles. The topological polar surface area (TPSA) is 46.6 Å². The van der Waals surface area contributed by atoms with E-state index in [0.717, 1.165) is 12.0 Å². The molecule has 2 aliphatic rings. The number of ether oxygens (including phenoxy) is 1. The number of ketones is 1. The van der Waals surface area contributed by atoms with Gasteiger partial charge in [-0.25, -0.2) is 0 Å². The van der Waals surface area contributed by atoms with E-state index in [9.17, 15) is 9.59 Å². The van der Waals surface area contributed by atoms with E-state index in [1.807, 2.05) is 53.4 Å². The Bertz CT molecular complexity index is 836. The standard InChI is InChI=1S/C22H23NO3/c1-2-16-8-9-20-18(14-16)19(24)15-22(26-20)10-12-23(13-11-22)21(25)17-6-4-3-5-7-17/h3-9,14H,2,10-13,15H2,1H3. The first kappa shape index (κ1) is 16.8. The Kier molecular flexibility index (Phi) is 4.27. The zero-order valence-corrected chi connectivity index (χ0v) is 15.0. The number of piperidine rings is 1. The van der Waals surface area contributed by atoms with E-state index >= 15 is 0 Å². The second-order valence-electron chi connectivity index (χ2n) is 7.23. The van der Waals surface area contributed by atoms with Crippen LogP contribution in [0.15, 0.2) is 48.5 Å². The van der Waals surface area contributed by atoms with Crippen LogP contribution >= 0.6 is 0 Å². The molecule has 0 bridgehead atoms. The number of carbonyl (C=O) groups excluding carboxylic acids is 2. The molecule has 26 heavy (non-hydrogen) atoms. The summed E-state index contributed by atoms with van der Waals surface area (Å²) in [6.45, 7) is 3.31. The molecule has 1 saturated heterocycles. The van der Waals surface area contributed by atoms with Gasteiger partial charge >= 0.3 is 0 Å². The number of rotatable bonds is 2. The molecule has 0 radical (unpaired) electrons. The smallest absolute Gasteiger partial charge is 0.253 e. The number of hydrogen-bond donors (Lipinski definition) is 0. The molecule has 1 amide bonds. The third kappa shape index (κ3) is 3.00. The minimum absolute atomic E-state index is 0.0515. The van der Waals surface area contributed by atoms with Gasteiger partial charge in [0.05, 0.1) is 12.0 Å². The Morgan fingerprint density at radius 3 is 2.54 bits per heavy atom. The molecule has 0 saturated carbocycles. The lowest BCUT2D eigenvalue weighted by Gasteiger charge is -2.44. The first-order valence-corrected chi connectivity index (χ1v) is 9.30. The maximum Gasteiger partial charge on any atom is 0.253 e. The highest BCUT2D eigenvalue weighted by molar-refractivity contribution is 6.00. The van der Waals surface area contributed by atoms with E-state index in [4.69, 9.17) is 4.74 Å². The van der Waals surface area contributed by atoms with Crippen LogP contribution in [0.5, 0.6) is 5.75 Å². The van der Waals surface area contributed by atoms with Crippen LogP contribution in [0.4, 0.5) is 0 Å². The van der Waals surface area contributed by atoms with Crippen molar-refractivity contribution in [3.63, 3.8) is 0 Å². The molecule has 4 nitrogen and oxygen atoms in total. The lowest BCUT2D eigenvalue weighted by Crippen LogP contribution is -2.52. The maximum atomic E-state index is 12.7. The van der Waals surface area contributed by atoms with Crippen LogP contribution in [-0.4, -0.2) is 35.3 Å². The molecule has 1 fully saturated rings. The number of Topliss-reactive ketones (excluding diaryl/α,β-unsaturated/α-hetero) is 1. The second-order valence-corrected chi connectivity index (χ2v) is 7.23. The maximum absolute atomic E-state index is 12.7. The fourth-order valence-electron chi connectivity index (χ4n) is 3.92. The van der Waals surface area contributed by atoms with Gasteiger partial charge in [-0.2, -0.15) is 0 Å². The molecular weight excluding hydrogens is 326 g/mol. The predicted octanol–water partition coefficient (Wildman–Crippen LogP) is 3.89. The summed E-state index contributed by atoms with van der Waals surface area (Å²) < 4.78 is 6.31. The van der Waals surface area contributed by atoms with Gasteiger partial charge in [0.15, 0.2) is 5.78 Å². The van der Waals surface area contributed by atoms with Crippen LogP contribution in [0.25, 0.3) is 0 Å². The number of likely N-dealkylation sites (tertiary alicyclic amines) is 1. The van der Waals surface area contributed by atoms with Gasteiger partial charge in [0, 0.05) is 31.5 Å². The molecule has 0 aliphatic carbocycles. The van der Waals surface area contributed by atoms with E-state index in [2.05, 4.69) is 6.92 Å². The molecule has 2 aromatic carbocycles. The van der Waals surface area contributed by atoms with Gasteiger partial charge in [-0.05, 0) is 36.2 Å². The number of fused-ring (bicyclic) bond motifs is 1. The summed E-state index contributed by atoms with van der Waals surface area (Å²) in [6, 6.07) is 15.3. The third-order valence-electron chi connectivity index (χ3n) is 5.54. The normalized spacial score (nSPS) is 18.3. The lowest BCUT2D eigenvalue weighted by molar-refractivity contribution is -0.00572. The predicted molar refractivity (Wildman–Crippen MR) is 99.7 cm³/mol. The number of benzene rings is 2. The highest BCUT2D eigenvalue weighted by atomic mass is 16.5. The second kappa shape index (κ2) is 6.60. The third-order valence-corrected chi connectivity index (χ3v) is 5.54. The van der Waals surface area contributed by atoms with E-state index in [1.165, 1.54) is 0 Å². The summed E-state index contributed by atoms with van der Waals surface area (Å²) >= 11 is 0. The van der Waals surface area contributed by atoms with Crippen molar-refractivity contribution < 1.29 is 14.3 Å².